The Morgan fingerprint density at radius 2 is 2.14 bits per heavy atom. The van der Waals surface area contributed by atoms with Crippen molar-refractivity contribution >= 4 is 23.6 Å². The lowest BCUT2D eigenvalue weighted by atomic mass is 10.1. The number of ketones is 1. The molecule has 0 spiro atoms. The molecule has 2 aliphatic rings. The highest BCUT2D eigenvalue weighted by atomic mass is 35.5. The average molecular weight is 423 g/mol. The number of halogens is 3. The van der Waals surface area contributed by atoms with Crippen molar-refractivity contribution in [3.05, 3.63) is 40.3 Å². The minimum Gasteiger partial charge on any atom is -0.469 e. The molecule has 0 aliphatic carbocycles. The third-order valence-electron chi connectivity index (χ3n) is 4.86. The van der Waals surface area contributed by atoms with E-state index in [2.05, 4.69) is 15.1 Å². The molecule has 0 unspecified atom stereocenters. The van der Waals surface area contributed by atoms with E-state index < -0.39 is 18.1 Å². The molecule has 2 aromatic rings. The van der Waals surface area contributed by atoms with Crippen molar-refractivity contribution in [3.63, 3.8) is 0 Å². The molecular formula is C19H17ClF2N4O3. The van der Waals surface area contributed by atoms with E-state index in [0.29, 0.717) is 22.7 Å². The van der Waals surface area contributed by atoms with Gasteiger partial charge in [0.05, 0.1) is 36.2 Å². The van der Waals surface area contributed by atoms with Crippen LogP contribution < -0.4 is 4.74 Å². The van der Waals surface area contributed by atoms with Crippen LogP contribution in [0.15, 0.2) is 32.5 Å². The molecule has 0 amide bonds. The molecule has 0 radical (unpaired) electrons. The van der Waals surface area contributed by atoms with Gasteiger partial charge in [0.1, 0.15) is 23.2 Å². The summed E-state index contributed by atoms with van der Waals surface area (Å²) >= 11 is 6.06. The Balaban J connectivity index is 1.56. The van der Waals surface area contributed by atoms with Crippen LogP contribution in [-0.2, 0) is 4.79 Å². The first kappa shape index (κ1) is 19.5. The highest BCUT2D eigenvalue weighted by molar-refractivity contribution is 6.44. The van der Waals surface area contributed by atoms with Gasteiger partial charge in [-0.2, -0.15) is 0 Å². The van der Waals surface area contributed by atoms with Crippen molar-refractivity contribution in [1.82, 2.24) is 15.0 Å². The summed E-state index contributed by atoms with van der Waals surface area (Å²) in [6, 6.07) is 1.40. The SMILES string of the molecule is Cc1noc(C)c1-c1cc(O[C@H]2CN(C3=C(Cl)C(=O)CN=C3)C[C@@H]2F)ncc1F. The number of aromatic nitrogens is 2. The number of hydrogen-bond acceptors (Lipinski definition) is 7. The zero-order valence-electron chi connectivity index (χ0n) is 15.7. The number of nitrogens with zero attached hydrogens (tertiary/aromatic N) is 4. The number of carbonyl (C=O) groups is 1. The van der Waals surface area contributed by atoms with E-state index in [4.69, 9.17) is 20.9 Å². The second-order valence-corrected chi connectivity index (χ2v) is 7.25. The lowest BCUT2D eigenvalue weighted by molar-refractivity contribution is -0.113. The van der Waals surface area contributed by atoms with Gasteiger partial charge in [-0.15, -0.1) is 0 Å². The summed E-state index contributed by atoms with van der Waals surface area (Å²) in [4.78, 5) is 21.2. The molecule has 10 heteroatoms. The molecule has 0 N–H and O–H groups in total. The van der Waals surface area contributed by atoms with E-state index in [1.54, 1.807) is 18.7 Å². The molecule has 29 heavy (non-hydrogen) atoms. The van der Waals surface area contributed by atoms with Gasteiger partial charge in [0.15, 0.2) is 18.1 Å². The number of likely N-dealkylation sites (tertiary alicyclic amines) is 1. The van der Waals surface area contributed by atoms with Gasteiger partial charge in [0, 0.05) is 17.8 Å². The number of ether oxygens (including phenoxy) is 1. The first-order chi connectivity index (χ1) is 13.8. The van der Waals surface area contributed by atoms with E-state index in [1.807, 2.05) is 0 Å². The topological polar surface area (TPSA) is 80.8 Å². The fourth-order valence-electron chi connectivity index (χ4n) is 3.44. The summed E-state index contributed by atoms with van der Waals surface area (Å²) in [6.45, 7) is 3.49. The van der Waals surface area contributed by atoms with Crippen LogP contribution in [0.4, 0.5) is 8.78 Å². The predicted octanol–water partition coefficient (Wildman–Crippen LogP) is 3.00. The summed E-state index contributed by atoms with van der Waals surface area (Å²) in [5, 5.41) is 3.86. The van der Waals surface area contributed by atoms with Gasteiger partial charge >= 0.3 is 0 Å². The molecule has 0 saturated carbocycles. The van der Waals surface area contributed by atoms with Crippen molar-refractivity contribution in [2.75, 3.05) is 19.6 Å². The van der Waals surface area contributed by atoms with E-state index in [1.165, 1.54) is 12.3 Å². The number of aliphatic imine (C=N–C) groups is 1. The fourth-order valence-corrected chi connectivity index (χ4v) is 3.67. The van der Waals surface area contributed by atoms with Crippen LogP contribution in [0.25, 0.3) is 11.1 Å². The lowest BCUT2D eigenvalue weighted by Gasteiger charge is -2.21. The lowest BCUT2D eigenvalue weighted by Crippen LogP contribution is -2.29. The van der Waals surface area contributed by atoms with Crippen LogP contribution in [0.5, 0.6) is 5.88 Å². The van der Waals surface area contributed by atoms with Crippen LogP contribution in [-0.4, -0.2) is 58.9 Å². The van der Waals surface area contributed by atoms with Crippen molar-refractivity contribution in [2.45, 2.75) is 26.1 Å². The van der Waals surface area contributed by atoms with Gasteiger partial charge in [-0.1, -0.05) is 16.8 Å². The Bertz CT molecular complexity index is 1020. The van der Waals surface area contributed by atoms with Gasteiger partial charge in [-0.25, -0.2) is 13.8 Å². The monoisotopic (exact) mass is 422 g/mol. The van der Waals surface area contributed by atoms with E-state index in [0.717, 1.165) is 6.20 Å². The van der Waals surface area contributed by atoms with Gasteiger partial charge in [-0.05, 0) is 13.8 Å². The molecular weight excluding hydrogens is 406 g/mol. The van der Waals surface area contributed by atoms with Crippen LogP contribution in [0.1, 0.15) is 11.5 Å². The zero-order valence-corrected chi connectivity index (χ0v) is 16.4. The molecule has 1 fully saturated rings. The largest absolute Gasteiger partial charge is 0.469 e. The Kier molecular flexibility index (Phi) is 5.08. The Morgan fingerprint density at radius 3 is 2.86 bits per heavy atom. The number of pyridine rings is 1. The minimum atomic E-state index is -1.35. The highest BCUT2D eigenvalue weighted by Crippen LogP contribution is 2.32. The molecule has 7 nitrogen and oxygen atoms in total. The normalized spacial score (nSPS) is 22.0. The molecule has 2 aliphatic heterocycles. The maximum atomic E-state index is 14.6. The molecule has 2 aromatic heterocycles. The molecule has 4 heterocycles. The van der Waals surface area contributed by atoms with Gasteiger partial charge in [0.25, 0.3) is 0 Å². The predicted molar refractivity (Wildman–Crippen MR) is 101 cm³/mol. The smallest absolute Gasteiger partial charge is 0.214 e. The molecule has 0 bridgehead atoms. The van der Waals surface area contributed by atoms with Gasteiger partial charge < -0.3 is 14.2 Å². The van der Waals surface area contributed by atoms with E-state index >= 15 is 0 Å². The number of allylic oxidation sites excluding steroid dienone is 1. The molecule has 152 valence electrons. The van der Waals surface area contributed by atoms with Crippen molar-refractivity contribution < 1.29 is 22.8 Å². The quantitative estimate of drug-likeness (QED) is 0.753. The number of hydrogen-bond donors (Lipinski definition) is 0. The van der Waals surface area contributed by atoms with Gasteiger partial charge in [0.2, 0.25) is 5.88 Å². The van der Waals surface area contributed by atoms with E-state index in [9.17, 15) is 13.6 Å². The Morgan fingerprint density at radius 1 is 1.34 bits per heavy atom. The number of alkyl halides is 1. The van der Waals surface area contributed by atoms with Gasteiger partial charge in [-0.3, -0.25) is 9.79 Å². The Hall–Kier alpha value is -2.81. The summed E-state index contributed by atoms with van der Waals surface area (Å²) in [6.07, 6.45) is 0.257. The summed E-state index contributed by atoms with van der Waals surface area (Å²) in [5.74, 6) is -0.347. The van der Waals surface area contributed by atoms with Crippen LogP contribution in [0.2, 0.25) is 0 Å². The maximum Gasteiger partial charge on any atom is 0.214 e. The number of rotatable bonds is 4. The zero-order chi connectivity index (χ0) is 20.7. The highest BCUT2D eigenvalue weighted by Gasteiger charge is 2.37. The maximum absolute atomic E-state index is 14.6. The minimum absolute atomic E-state index is 0.00651. The van der Waals surface area contributed by atoms with Crippen molar-refractivity contribution in [3.8, 4) is 17.0 Å². The van der Waals surface area contributed by atoms with Crippen molar-refractivity contribution in [1.29, 1.82) is 0 Å². The van der Waals surface area contributed by atoms with Crippen molar-refractivity contribution in [2.24, 2.45) is 4.99 Å². The summed E-state index contributed by atoms with van der Waals surface area (Å²) in [5.41, 5.74) is 1.62. The summed E-state index contributed by atoms with van der Waals surface area (Å²) in [7, 11) is 0. The number of Topliss-reactive ketones (excluding diaryl/α,β-unsaturated/α-hetero) is 1. The average Bonchev–Trinajstić information content (AvgIpc) is 3.21. The Labute approximate surface area is 170 Å². The number of aryl methyl sites for hydroxylation is 2. The van der Waals surface area contributed by atoms with E-state index in [-0.39, 0.29) is 41.9 Å². The van der Waals surface area contributed by atoms with Crippen LogP contribution >= 0.6 is 11.6 Å². The second-order valence-electron chi connectivity index (χ2n) is 6.87. The molecule has 4 rings (SSSR count). The fraction of sp³-hybridized carbons (Fsp3) is 0.368. The second kappa shape index (κ2) is 7.55. The summed E-state index contributed by atoms with van der Waals surface area (Å²) < 4.78 is 39.7. The number of carbonyl (C=O) groups excluding carboxylic acids is 1. The molecule has 0 aromatic carbocycles. The van der Waals surface area contributed by atoms with Crippen LogP contribution in [0, 0.1) is 19.7 Å². The van der Waals surface area contributed by atoms with Crippen LogP contribution in [0.3, 0.4) is 0 Å². The standard InChI is InChI=1S/C19H17ClF2N4O3/c1-9-18(10(2)29-25-9)11-3-17(24-4-12(11)21)28-16-8-26(7-13(16)22)14-5-23-6-15(27)19(14)20/h3-5,13,16H,6-8H2,1-2H3/t13-,16-/m0/s1. The first-order valence-electron chi connectivity index (χ1n) is 8.92. The molecule has 1 saturated heterocycles. The first-order valence-corrected chi connectivity index (χ1v) is 9.30. The third kappa shape index (κ3) is 3.62. The third-order valence-corrected chi connectivity index (χ3v) is 5.27. The molecule has 2 atom stereocenters. The number of dihydropyridines is 1.